The highest BCUT2D eigenvalue weighted by Gasteiger charge is 2.30. The second-order valence-electron chi connectivity index (χ2n) is 7.17. The molecule has 18 heavy (non-hydrogen) atoms. The van der Waals surface area contributed by atoms with Crippen LogP contribution in [-0.2, 0) is 0 Å². The summed E-state index contributed by atoms with van der Waals surface area (Å²) in [6, 6.07) is 0. The Morgan fingerprint density at radius 3 is 1.89 bits per heavy atom. The summed E-state index contributed by atoms with van der Waals surface area (Å²) in [7, 11) is 0. The molecule has 0 amide bonds. The van der Waals surface area contributed by atoms with E-state index >= 15 is 0 Å². The molecule has 3 atom stereocenters. The third-order valence-electron chi connectivity index (χ3n) is 5.31. The lowest BCUT2D eigenvalue weighted by atomic mass is 9.77. The molecule has 0 saturated heterocycles. The van der Waals surface area contributed by atoms with Crippen LogP contribution in [-0.4, -0.2) is 4.75 Å². The summed E-state index contributed by atoms with van der Waals surface area (Å²) in [6.45, 7) is 2.39. The van der Waals surface area contributed by atoms with Crippen molar-refractivity contribution < 1.29 is 0 Å². The standard InChI is InChI=1S/C17H32S/c1-17(18)13-9-5-8-11-15-10-6-3-2-4-7-12-16(15)14-17/h15-16,18H,2-14H2,1H3/t15-,16+,17?/m1/s1. The van der Waals surface area contributed by atoms with E-state index in [1.165, 1.54) is 83.5 Å². The van der Waals surface area contributed by atoms with E-state index in [4.69, 9.17) is 12.6 Å². The van der Waals surface area contributed by atoms with Gasteiger partial charge in [0.2, 0.25) is 0 Å². The predicted octanol–water partition coefficient (Wildman–Crippen LogP) is 6.01. The molecule has 0 aromatic heterocycles. The Balaban J connectivity index is 2.03. The van der Waals surface area contributed by atoms with Crippen molar-refractivity contribution in [3.63, 3.8) is 0 Å². The molecule has 2 saturated carbocycles. The summed E-state index contributed by atoms with van der Waals surface area (Å²) in [5.41, 5.74) is 0. The van der Waals surface area contributed by atoms with Gasteiger partial charge < -0.3 is 0 Å². The van der Waals surface area contributed by atoms with E-state index in [1.807, 2.05) is 0 Å². The average molecular weight is 269 g/mol. The lowest BCUT2D eigenvalue weighted by molar-refractivity contribution is 0.241. The van der Waals surface area contributed by atoms with Crippen molar-refractivity contribution in [1.82, 2.24) is 0 Å². The van der Waals surface area contributed by atoms with Gasteiger partial charge in [0.05, 0.1) is 0 Å². The molecule has 1 unspecified atom stereocenters. The molecule has 0 aromatic rings. The maximum Gasteiger partial charge on any atom is 0.0104 e. The molecular weight excluding hydrogens is 236 g/mol. The molecule has 0 aromatic carbocycles. The number of fused-ring (bicyclic) bond motifs is 1. The molecule has 0 N–H and O–H groups in total. The summed E-state index contributed by atoms with van der Waals surface area (Å²) >= 11 is 4.99. The summed E-state index contributed by atoms with van der Waals surface area (Å²) in [6.07, 6.45) is 19.0. The summed E-state index contributed by atoms with van der Waals surface area (Å²) in [5.74, 6) is 2.00. The van der Waals surface area contributed by atoms with Crippen LogP contribution in [0.3, 0.4) is 0 Å². The smallest absolute Gasteiger partial charge is 0.0104 e. The molecule has 0 spiro atoms. The van der Waals surface area contributed by atoms with Gasteiger partial charge in [-0.15, -0.1) is 0 Å². The Morgan fingerprint density at radius 1 is 0.722 bits per heavy atom. The van der Waals surface area contributed by atoms with Crippen molar-refractivity contribution in [2.24, 2.45) is 11.8 Å². The molecular formula is C17H32S. The van der Waals surface area contributed by atoms with Gasteiger partial charge in [-0.2, -0.15) is 12.6 Å². The van der Waals surface area contributed by atoms with Gasteiger partial charge in [-0.25, -0.2) is 0 Å². The zero-order chi connectivity index (χ0) is 12.8. The SMILES string of the molecule is CC1(S)CCCCC[C@H]2CCCCCCC[C@H]2C1. The minimum atomic E-state index is 0.307. The molecule has 2 rings (SSSR count). The van der Waals surface area contributed by atoms with Crippen LogP contribution >= 0.6 is 12.6 Å². The van der Waals surface area contributed by atoms with E-state index in [-0.39, 0.29) is 0 Å². The van der Waals surface area contributed by atoms with Crippen molar-refractivity contribution in [2.75, 3.05) is 0 Å². The van der Waals surface area contributed by atoms with Gasteiger partial charge >= 0.3 is 0 Å². The predicted molar refractivity (Wildman–Crippen MR) is 84.4 cm³/mol. The van der Waals surface area contributed by atoms with Gasteiger partial charge in [0, 0.05) is 4.75 Å². The number of hydrogen-bond acceptors (Lipinski definition) is 1. The molecule has 1 heteroatoms. The van der Waals surface area contributed by atoms with Crippen LogP contribution < -0.4 is 0 Å². The lowest BCUT2D eigenvalue weighted by Crippen LogP contribution is -2.25. The number of hydrogen-bond donors (Lipinski definition) is 1. The van der Waals surface area contributed by atoms with E-state index in [0.29, 0.717) is 4.75 Å². The summed E-state index contributed by atoms with van der Waals surface area (Å²) < 4.78 is 0.307. The second kappa shape index (κ2) is 7.22. The molecule has 106 valence electrons. The summed E-state index contributed by atoms with van der Waals surface area (Å²) in [5, 5.41) is 0. The van der Waals surface area contributed by atoms with Crippen LogP contribution in [0.2, 0.25) is 0 Å². The third kappa shape index (κ3) is 4.79. The lowest BCUT2D eigenvalue weighted by Gasteiger charge is -2.33. The van der Waals surface area contributed by atoms with E-state index in [9.17, 15) is 0 Å². The zero-order valence-corrected chi connectivity index (χ0v) is 13.2. The molecule has 0 bridgehead atoms. The molecule has 0 heterocycles. The highest BCUT2D eigenvalue weighted by Crippen LogP contribution is 2.41. The molecule has 0 aliphatic heterocycles. The van der Waals surface area contributed by atoms with E-state index in [2.05, 4.69) is 6.92 Å². The number of rotatable bonds is 0. The van der Waals surface area contributed by atoms with Crippen molar-refractivity contribution in [1.29, 1.82) is 0 Å². The monoisotopic (exact) mass is 268 g/mol. The topological polar surface area (TPSA) is 0 Å². The third-order valence-corrected chi connectivity index (χ3v) is 5.71. The molecule has 0 nitrogen and oxygen atoms in total. The normalized spacial score (nSPS) is 40.3. The molecule has 2 fully saturated rings. The Hall–Kier alpha value is 0.350. The van der Waals surface area contributed by atoms with Gasteiger partial charge in [0.15, 0.2) is 0 Å². The maximum absolute atomic E-state index is 4.99. The summed E-state index contributed by atoms with van der Waals surface area (Å²) in [4.78, 5) is 0. The first-order valence-corrected chi connectivity index (χ1v) is 8.84. The Morgan fingerprint density at radius 2 is 1.22 bits per heavy atom. The van der Waals surface area contributed by atoms with E-state index < -0.39 is 0 Å². The van der Waals surface area contributed by atoms with Crippen LogP contribution in [0.25, 0.3) is 0 Å². The van der Waals surface area contributed by atoms with Gasteiger partial charge in [0.25, 0.3) is 0 Å². The Bertz CT molecular complexity index is 232. The minimum absolute atomic E-state index is 0.307. The Kier molecular flexibility index (Phi) is 5.92. The van der Waals surface area contributed by atoms with Crippen molar-refractivity contribution >= 4 is 12.6 Å². The largest absolute Gasteiger partial charge is 0.173 e. The first-order valence-electron chi connectivity index (χ1n) is 8.40. The van der Waals surface area contributed by atoms with Crippen molar-refractivity contribution in [2.45, 2.75) is 95.1 Å². The first kappa shape index (κ1) is 14.8. The van der Waals surface area contributed by atoms with Crippen molar-refractivity contribution in [3.05, 3.63) is 0 Å². The van der Waals surface area contributed by atoms with Crippen LogP contribution in [0.5, 0.6) is 0 Å². The van der Waals surface area contributed by atoms with Gasteiger partial charge in [-0.05, 0) is 24.7 Å². The fraction of sp³-hybridized carbons (Fsp3) is 1.00. The maximum atomic E-state index is 4.99. The van der Waals surface area contributed by atoms with E-state index in [1.54, 1.807) is 0 Å². The highest BCUT2D eigenvalue weighted by molar-refractivity contribution is 7.81. The fourth-order valence-electron chi connectivity index (χ4n) is 4.22. The van der Waals surface area contributed by atoms with Crippen LogP contribution in [0, 0.1) is 11.8 Å². The minimum Gasteiger partial charge on any atom is -0.173 e. The van der Waals surface area contributed by atoms with Gasteiger partial charge in [-0.1, -0.05) is 77.6 Å². The first-order chi connectivity index (χ1) is 8.67. The molecule has 2 aliphatic rings. The van der Waals surface area contributed by atoms with Crippen LogP contribution in [0.1, 0.15) is 90.4 Å². The highest BCUT2D eigenvalue weighted by atomic mass is 32.1. The zero-order valence-electron chi connectivity index (χ0n) is 12.3. The second-order valence-corrected chi connectivity index (χ2v) is 8.25. The van der Waals surface area contributed by atoms with E-state index in [0.717, 1.165) is 11.8 Å². The fourth-order valence-corrected chi connectivity index (χ4v) is 4.61. The average Bonchev–Trinajstić information content (AvgIpc) is 2.45. The molecule has 0 radical (unpaired) electrons. The van der Waals surface area contributed by atoms with Crippen molar-refractivity contribution in [3.8, 4) is 0 Å². The van der Waals surface area contributed by atoms with Gasteiger partial charge in [-0.3, -0.25) is 0 Å². The number of thiol groups is 1. The van der Waals surface area contributed by atoms with Gasteiger partial charge in [0.1, 0.15) is 0 Å². The van der Waals surface area contributed by atoms with Crippen LogP contribution in [0.4, 0.5) is 0 Å². The molecule has 2 aliphatic carbocycles. The Labute approximate surface area is 120 Å². The quantitative estimate of drug-likeness (QED) is 0.511. The van der Waals surface area contributed by atoms with Crippen LogP contribution in [0.15, 0.2) is 0 Å².